The summed E-state index contributed by atoms with van der Waals surface area (Å²) in [6, 6.07) is 0. The third-order valence-corrected chi connectivity index (χ3v) is 4.39. The number of nitrogens with zero attached hydrogens (tertiary/aromatic N) is 1. The van der Waals surface area contributed by atoms with Crippen LogP contribution in [0.25, 0.3) is 0 Å². The molecule has 0 aromatic carbocycles. The molecular formula is C14H28BrN. The molecule has 0 radical (unpaired) electrons. The van der Waals surface area contributed by atoms with Crippen molar-refractivity contribution in [1.82, 2.24) is 4.90 Å². The zero-order valence-corrected chi connectivity index (χ0v) is 12.6. The molecule has 0 atom stereocenters. The molecule has 1 saturated carbocycles. The maximum absolute atomic E-state index is 3.66. The lowest BCUT2D eigenvalue weighted by Gasteiger charge is -2.34. The highest BCUT2D eigenvalue weighted by molar-refractivity contribution is 9.09. The van der Waals surface area contributed by atoms with Gasteiger partial charge in [-0.3, -0.25) is 0 Å². The van der Waals surface area contributed by atoms with Crippen molar-refractivity contribution >= 4 is 15.9 Å². The summed E-state index contributed by atoms with van der Waals surface area (Å²) in [5.74, 6) is 0.967. The molecule has 0 saturated heterocycles. The van der Waals surface area contributed by atoms with Crippen LogP contribution in [0.5, 0.6) is 0 Å². The van der Waals surface area contributed by atoms with Crippen LogP contribution in [-0.2, 0) is 0 Å². The minimum Gasteiger partial charge on any atom is -0.306 e. The molecule has 0 heterocycles. The molecule has 1 rings (SSSR count). The van der Waals surface area contributed by atoms with Gasteiger partial charge in [-0.15, -0.1) is 0 Å². The van der Waals surface area contributed by atoms with Crippen LogP contribution in [0, 0.1) is 5.92 Å². The largest absolute Gasteiger partial charge is 0.306 e. The summed E-state index contributed by atoms with van der Waals surface area (Å²) in [5, 5.41) is 0. The molecule has 16 heavy (non-hydrogen) atoms. The van der Waals surface area contributed by atoms with Gasteiger partial charge in [0.15, 0.2) is 0 Å². The second-order valence-corrected chi connectivity index (χ2v) is 6.76. The Hall–Kier alpha value is 0.440. The van der Waals surface area contributed by atoms with E-state index in [-0.39, 0.29) is 0 Å². The van der Waals surface area contributed by atoms with Crippen molar-refractivity contribution in [2.75, 3.05) is 20.1 Å². The summed E-state index contributed by atoms with van der Waals surface area (Å²) in [7, 11) is 2.29. The van der Waals surface area contributed by atoms with Crippen LogP contribution in [0.3, 0.4) is 0 Å². The van der Waals surface area contributed by atoms with E-state index in [1.54, 1.807) is 0 Å². The van der Waals surface area contributed by atoms with Gasteiger partial charge in [0.2, 0.25) is 0 Å². The Morgan fingerprint density at radius 2 is 1.69 bits per heavy atom. The number of rotatable bonds is 9. The number of alkyl halides is 1. The van der Waals surface area contributed by atoms with Gasteiger partial charge in [0.1, 0.15) is 0 Å². The van der Waals surface area contributed by atoms with Gasteiger partial charge in [0.25, 0.3) is 0 Å². The lowest BCUT2D eigenvalue weighted by Crippen LogP contribution is -2.35. The van der Waals surface area contributed by atoms with Crippen molar-refractivity contribution < 1.29 is 0 Å². The van der Waals surface area contributed by atoms with E-state index in [1.165, 1.54) is 64.5 Å². The first-order chi connectivity index (χ1) is 7.72. The predicted molar refractivity (Wildman–Crippen MR) is 76.3 cm³/mol. The zero-order valence-electron chi connectivity index (χ0n) is 11.1. The summed E-state index contributed by atoms with van der Waals surface area (Å²) in [5.41, 5.74) is 0. The first-order valence-corrected chi connectivity index (χ1v) is 7.96. The highest BCUT2D eigenvalue weighted by atomic mass is 79.9. The second-order valence-electron chi connectivity index (χ2n) is 5.46. The van der Waals surface area contributed by atoms with Crippen LogP contribution in [0.15, 0.2) is 0 Å². The second kappa shape index (κ2) is 8.52. The number of hydrogen-bond acceptors (Lipinski definition) is 1. The van der Waals surface area contributed by atoms with E-state index >= 15 is 0 Å². The molecule has 96 valence electrons. The summed E-state index contributed by atoms with van der Waals surface area (Å²) >= 11 is 3.66. The van der Waals surface area contributed by atoms with E-state index in [4.69, 9.17) is 0 Å². The minimum atomic E-state index is 0.819. The predicted octanol–water partition coefficient (Wildman–Crippen LogP) is 4.45. The monoisotopic (exact) mass is 289 g/mol. The van der Waals surface area contributed by atoms with E-state index in [1.807, 2.05) is 0 Å². The van der Waals surface area contributed by atoms with E-state index in [0.717, 1.165) is 10.7 Å². The molecule has 0 aromatic heterocycles. The molecule has 1 fully saturated rings. The summed E-state index contributed by atoms with van der Waals surface area (Å²) in [6.45, 7) is 4.90. The Labute approximate surface area is 110 Å². The summed E-state index contributed by atoms with van der Waals surface area (Å²) in [6.07, 6.45) is 11.3. The fourth-order valence-corrected chi connectivity index (χ4v) is 3.55. The number of hydrogen-bond donors (Lipinski definition) is 0. The molecule has 0 N–H and O–H groups in total. The summed E-state index contributed by atoms with van der Waals surface area (Å²) in [4.78, 5) is 3.35. The first kappa shape index (κ1) is 14.5. The van der Waals surface area contributed by atoms with Gasteiger partial charge in [0.05, 0.1) is 0 Å². The first-order valence-electron chi connectivity index (χ1n) is 7.05. The SMILES string of the molecule is CCCCCCCCN(C)CC1CC(Br)C1. The van der Waals surface area contributed by atoms with Crippen LogP contribution in [-0.4, -0.2) is 29.9 Å². The highest BCUT2D eigenvalue weighted by Gasteiger charge is 2.27. The highest BCUT2D eigenvalue weighted by Crippen LogP contribution is 2.33. The van der Waals surface area contributed by atoms with Crippen LogP contribution in [0.4, 0.5) is 0 Å². The fraction of sp³-hybridized carbons (Fsp3) is 1.00. The van der Waals surface area contributed by atoms with Crippen molar-refractivity contribution in [2.45, 2.75) is 63.1 Å². The maximum atomic E-state index is 3.66. The molecule has 0 aromatic rings. The minimum absolute atomic E-state index is 0.819. The van der Waals surface area contributed by atoms with Crippen molar-refractivity contribution in [1.29, 1.82) is 0 Å². The van der Waals surface area contributed by atoms with Crippen LogP contribution in [0.1, 0.15) is 58.3 Å². The van der Waals surface area contributed by atoms with Gasteiger partial charge >= 0.3 is 0 Å². The lowest BCUT2D eigenvalue weighted by molar-refractivity contribution is 0.210. The maximum Gasteiger partial charge on any atom is 0.0152 e. The molecule has 1 aliphatic rings. The molecule has 2 heteroatoms. The van der Waals surface area contributed by atoms with Crippen LogP contribution in [0.2, 0.25) is 0 Å². The third kappa shape index (κ3) is 6.24. The van der Waals surface area contributed by atoms with E-state index < -0.39 is 0 Å². The van der Waals surface area contributed by atoms with Gasteiger partial charge in [0, 0.05) is 11.4 Å². The van der Waals surface area contributed by atoms with Gasteiger partial charge in [-0.25, -0.2) is 0 Å². The molecule has 0 bridgehead atoms. The Morgan fingerprint density at radius 1 is 1.06 bits per heavy atom. The molecule has 0 spiro atoms. The average Bonchev–Trinajstić information content (AvgIpc) is 2.21. The van der Waals surface area contributed by atoms with E-state index in [2.05, 4.69) is 34.8 Å². The van der Waals surface area contributed by atoms with E-state index in [9.17, 15) is 0 Å². The Bertz CT molecular complexity index is 166. The third-order valence-electron chi connectivity index (χ3n) is 3.64. The van der Waals surface area contributed by atoms with Crippen molar-refractivity contribution in [3.8, 4) is 0 Å². The standard InChI is InChI=1S/C14H28BrN/c1-3-4-5-6-7-8-9-16(2)12-13-10-14(15)11-13/h13-14H,3-12H2,1-2H3. The van der Waals surface area contributed by atoms with Crippen molar-refractivity contribution in [3.05, 3.63) is 0 Å². The van der Waals surface area contributed by atoms with Gasteiger partial charge in [-0.1, -0.05) is 55.0 Å². The zero-order chi connectivity index (χ0) is 11.8. The normalized spacial score (nSPS) is 24.8. The van der Waals surface area contributed by atoms with Gasteiger partial charge < -0.3 is 4.90 Å². The Kier molecular flexibility index (Phi) is 7.72. The number of unbranched alkanes of at least 4 members (excludes halogenated alkanes) is 5. The molecule has 0 aliphatic heterocycles. The van der Waals surface area contributed by atoms with Crippen LogP contribution < -0.4 is 0 Å². The summed E-state index contributed by atoms with van der Waals surface area (Å²) < 4.78 is 0. The molecule has 0 unspecified atom stereocenters. The smallest absolute Gasteiger partial charge is 0.0152 e. The lowest BCUT2D eigenvalue weighted by atomic mass is 9.85. The molecule has 1 aliphatic carbocycles. The fourth-order valence-electron chi connectivity index (χ4n) is 2.50. The Morgan fingerprint density at radius 3 is 2.31 bits per heavy atom. The van der Waals surface area contributed by atoms with Gasteiger partial charge in [-0.05, 0) is 38.8 Å². The number of halogens is 1. The van der Waals surface area contributed by atoms with Gasteiger partial charge in [-0.2, -0.15) is 0 Å². The Balaban J connectivity index is 1.84. The van der Waals surface area contributed by atoms with Crippen molar-refractivity contribution in [2.24, 2.45) is 5.92 Å². The topological polar surface area (TPSA) is 3.24 Å². The molecular weight excluding hydrogens is 262 g/mol. The van der Waals surface area contributed by atoms with Crippen LogP contribution >= 0.6 is 15.9 Å². The molecule has 1 nitrogen and oxygen atoms in total. The quantitative estimate of drug-likeness (QED) is 0.448. The molecule has 0 amide bonds. The van der Waals surface area contributed by atoms with E-state index in [0.29, 0.717) is 0 Å². The van der Waals surface area contributed by atoms with Crippen molar-refractivity contribution in [3.63, 3.8) is 0 Å². The average molecular weight is 290 g/mol.